The van der Waals surface area contributed by atoms with E-state index in [1.165, 1.54) is 17.4 Å². The number of pyridine rings is 1. The fourth-order valence-electron chi connectivity index (χ4n) is 4.27. The third-order valence-electron chi connectivity index (χ3n) is 6.21. The Balaban J connectivity index is 1.14. The van der Waals surface area contributed by atoms with Gasteiger partial charge in [-0.2, -0.15) is 0 Å². The van der Waals surface area contributed by atoms with Crippen molar-refractivity contribution in [1.29, 1.82) is 0 Å². The van der Waals surface area contributed by atoms with Crippen molar-refractivity contribution in [2.24, 2.45) is 5.92 Å². The highest BCUT2D eigenvalue weighted by molar-refractivity contribution is 7.20. The smallest absolute Gasteiger partial charge is 0.270 e. The van der Waals surface area contributed by atoms with E-state index in [9.17, 15) is 14.0 Å². The molecule has 178 valence electrons. The van der Waals surface area contributed by atoms with Gasteiger partial charge in [-0.05, 0) is 66.5 Å². The highest BCUT2D eigenvalue weighted by Gasteiger charge is 2.24. The van der Waals surface area contributed by atoms with Gasteiger partial charge in [-0.25, -0.2) is 4.39 Å². The van der Waals surface area contributed by atoms with Gasteiger partial charge in [-0.15, -0.1) is 11.3 Å². The van der Waals surface area contributed by atoms with Crippen LogP contribution in [-0.2, 0) is 0 Å². The first-order valence-corrected chi connectivity index (χ1v) is 12.4. The summed E-state index contributed by atoms with van der Waals surface area (Å²) >= 11 is 1.47. The van der Waals surface area contributed by atoms with Crippen molar-refractivity contribution in [1.82, 2.24) is 20.2 Å². The molecule has 34 heavy (non-hydrogen) atoms. The quantitative estimate of drug-likeness (QED) is 0.310. The Morgan fingerprint density at radius 2 is 2.12 bits per heavy atom. The molecule has 1 aliphatic heterocycles. The number of piperidine rings is 1. The largest absolute Gasteiger partial charge is 0.357 e. The number of fused-ring (bicyclic) bond motifs is 1. The summed E-state index contributed by atoms with van der Waals surface area (Å²) in [5.74, 6) is 0.0924. The maximum absolute atomic E-state index is 13.3. The van der Waals surface area contributed by atoms with E-state index in [0.717, 1.165) is 66.2 Å². The van der Waals surface area contributed by atoms with Crippen molar-refractivity contribution in [3.8, 4) is 0 Å². The van der Waals surface area contributed by atoms with Crippen molar-refractivity contribution >= 4 is 39.3 Å². The molecule has 0 bridgehead atoms. The Labute approximate surface area is 202 Å². The van der Waals surface area contributed by atoms with Gasteiger partial charge in [0.1, 0.15) is 11.5 Å². The van der Waals surface area contributed by atoms with Gasteiger partial charge in [-0.1, -0.05) is 19.4 Å². The van der Waals surface area contributed by atoms with Gasteiger partial charge in [0.2, 0.25) is 0 Å². The molecular formula is C26H29FN4O2S. The highest BCUT2D eigenvalue weighted by Crippen LogP contribution is 2.25. The predicted octanol–water partition coefficient (Wildman–Crippen LogP) is 5.57. The van der Waals surface area contributed by atoms with Crippen molar-refractivity contribution in [2.45, 2.75) is 32.1 Å². The normalized spacial score (nSPS) is 15.0. The predicted molar refractivity (Wildman–Crippen MR) is 135 cm³/mol. The lowest BCUT2D eigenvalue weighted by Crippen LogP contribution is -2.38. The number of H-pyrrole nitrogens is 1. The molecule has 0 saturated carbocycles. The summed E-state index contributed by atoms with van der Waals surface area (Å²) in [6, 6.07) is 5.50. The molecule has 0 aliphatic carbocycles. The molecule has 0 radical (unpaired) electrons. The number of allylic oxidation sites excluding steroid dienone is 2. The van der Waals surface area contributed by atoms with E-state index >= 15 is 0 Å². The lowest BCUT2D eigenvalue weighted by Gasteiger charge is -2.31. The number of halogens is 1. The van der Waals surface area contributed by atoms with Crippen molar-refractivity contribution in [3.05, 3.63) is 71.4 Å². The number of hydrogen-bond acceptors (Lipinski definition) is 4. The molecule has 0 atom stereocenters. The van der Waals surface area contributed by atoms with Crippen LogP contribution in [0, 0.1) is 5.92 Å². The summed E-state index contributed by atoms with van der Waals surface area (Å²) < 4.78 is 14.4. The number of thiophene rings is 1. The summed E-state index contributed by atoms with van der Waals surface area (Å²) in [5, 5.41) is 4.06. The van der Waals surface area contributed by atoms with E-state index in [1.807, 2.05) is 17.0 Å². The van der Waals surface area contributed by atoms with Gasteiger partial charge in [0.25, 0.3) is 11.8 Å². The minimum absolute atomic E-state index is 0.0248. The number of nitrogens with zero attached hydrogens (tertiary/aromatic N) is 2. The molecule has 8 heteroatoms. The summed E-state index contributed by atoms with van der Waals surface area (Å²) in [4.78, 5) is 34.7. The molecule has 4 rings (SSSR count). The molecule has 3 aromatic heterocycles. The second kappa shape index (κ2) is 11.2. The highest BCUT2D eigenvalue weighted by atomic mass is 32.1. The van der Waals surface area contributed by atoms with Gasteiger partial charge in [0.15, 0.2) is 0 Å². The van der Waals surface area contributed by atoms with Gasteiger partial charge >= 0.3 is 0 Å². The average molecular weight is 481 g/mol. The van der Waals surface area contributed by atoms with Crippen LogP contribution in [0.4, 0.5) is 4.39 Å². The van der Waals surface area contributed by atoms with Crippen molar-refractivity contribution in [3.63, 3.8) is 0 Å². The lowest BCUT2D eigenvalue weighted by atomic mass is 9.91. The van der Waals surface area contributed by atoms with Gasteiger partial charge in [0.05, 0.1) is 9.58 Å². The molecule has 1 saturated heterocycles. The molecule has 6 nitrogen and oxygen atoms in total. The van der Waals surface area contributed by atoms with Gasteiger partial charge in [0, 0.05) is 38.2 Å². The zero-order valence-corrected chi connectivity index (χ0v) is 19.9. The summed E-state index contributed by atoms with van der Waals surface area (Å²) in [5.41, 5.74) is 1.10. The Hall–Kier alpha value is -3.26. The summed E-state index contributed by atoms with van der Waals surface area (Å²) in [6.07, 6.45) is 12.7. The zero-order chi connectivity index (χ0) is 23.9. The van der Waals surface area contributed by atoms with E-state index in [4.69, 9.17) is 0 Å². The first-order chi connectivity index (χ1) is 16.5. The standard InChI is InChI=1S/C26H29FN4O2S/c1-2-21(27)13-19-14-22(30-16-19)26(33)31-11-7-18(8-12-31)5-3-4-9-29-25(32)23-15-20-6-10-28-17-24(20)34-23/h2,6,10,13-18,30H,1,3-5,7-9,11-12H2,(H,29,32). The number of likely N-dealkylation sites (tertiary alicyclic amines) is 1. The SMILES string of the molecule is C=CC(F)=Cc1c[nH]c(C(=O)N2CCC(CCCCNC(=O)c3cc4ccncc4s3)CC2)c1. The van der Waals surface area contributed by atoms with Crippen LogP contribution < -0.4 is 5.32 Å². The average Bonchev–Trinajstić information content (AvgIpc) is 3.51. The number of hydrogen-bond donors (Lipinski definition) is 2. The van der Waals surface area contributed by atoms with Crippen molar-refractivity contribution < 1.29 is 14.0 Å². The molecule has 1 aliphatic rings. The number of carbonyl (C=O) groups is 2. The van der Waals surface area contributed by atoms with Gasteiger partial charge in [-0.3, -0.25) is 14.6 Å². The first kappa shape index (κ1) is 23.9. The number of amides is 2. The molecule has 2 amide bonds. The topological polar surface area (TPSA) is 78.1 Å². The minimum atomic E-state index is -0.434. The summed E-state index contributed by atoms with van der Waals surface area (Å²) in [7, 11) is 0. The van der Waals surface area contributed by atoms with Crippen molar-refractivity contribution in [2.75, 3.05) is 19.6 Å². The van der Waals surface area contributed by atoms with E-state index in [0.29, 0.717) is 23.7 Å². The van der Waals surface area contributed by atoms with Crippen LogP contribution in [-0.4, -0.2) is 46.3 Å². The lowest BCUT2D eigenvalue weighted by molar-refractivity contribution is 0.0680. The molecular weight excluding hydrogens is 451 g/mol. The number of rotatable bonds is 9. The van der Waals surface area contributed by atoms with E-state index in [1.54, 1.807) is 24.7 Å². The molecule has 3 aromatic rings. The summed E-state index contributed by atoms with van der Waals surface area (Å²) in [6.45, 7) is 5.51. The number of unbranched alkanes of at least 4 members (excludes halogenated alkanes) is 1. The number of aromatic nitrogens is 2. The molecule has 0 aromatic carbocycles. The molecule has 2 N–H and O–H groups in total. The third-order valence-corrected chi connectivity index (χ3v) is 7.29. The van der Waals surface area contributed by atoms with Crippen LogP contribution in [0.2, 0.25) is 0 Å². The maximum Gasteiger partial charge on any atom is 0.270 e. The maximum atomic E-state index is 13.3. The number of carbonyl (C=O) groups excluding carboxylic acids is 2. The Kier molecular flexibility index (Phi) is 7.90. The Bertz CT molecular complexity index is 1160. The van der Waals surface area contributed by atoms with E-state index < -0.39 is 5.83 Å². The minimum Gasteiger partial charge on any atom is -0.357 e. The fraction of sp³-hybridized carbons (Fsp3) is 0.346. The van der Waals surface area contributed by atoms with Crippen LogP contribution in [0.5, 0.6) is 0 Å². The molecule has 0 unspecified atom stereocenters. The van der Waals surface area contributed by atoms with Crippen LogP contribution in [0.3, 0.4) is 0 Å². The monoisotopic (exact) mass is 480 g/mol. The zero-order valence-electron chi connectivity index (χ0n) is 19.1. The fourth-order valence-corrected chi connectivity index (χ4v) is 5.22. The number of aromatic amines is 1. The van der Waals surface area contributed by atoms with Gasteiger partial charge < -0.3 is 15.2 Å². The van der Waals surface area contributed by atoms with Crippen LogP contribution in [0.15, 0.2) is 55.3 Å². The Morgan fingerprint density at radius 3 is 2.88 bits per heavy atom. The van der Waals surface area contributed by atoms with Crippen LogP contribution in [0.1, 0.15) is 57.8 Å². The molecule has 1 fully saturated rings. The third kappa shape index (κ3) is 5.99. The van der Waals surface area contributed by atoms with E-state index in [-0.39, 0.29) is 11.8 Å². The molecule has 4 heterocycles. The Morgan fingerprint density at radius 1 is 1.29 bits per heavy atom. The number of nitrogens with one attached hydrogen (secondary N) is 2. The van der Waals surface area contributed by atoms with E-state index in [2.05, 4.69) is 21.9 Å². The van der Waals surface area contributed by atoms with Crippen LogP contribution in [0.25, 0.3) is 16.2 Å². The van der Waals surface area contributed by atoms with Crippen LogP contribution >= 0.6 is 11.3 Å². The second-order valence-corrected chi connectivity index (χ2v) is 9.68. The second-order valence-electron chi connectivity index (χ2n) is 8.59. The molecule has 0 spiro atoms. The first-order valence-electron chi connectivity index (χ1n) is 11.6.